The number of rotatable bonds is 6. The van der Waals surface area contributed by atoms with E-state index in [-0.39, 0.29) is 6.01 Å². The van der Waals surface area contributed by atoms with Crippen molar-refractivity contribution in [3.8, 4) is 11.8 Å². The Kier molecular flexibility index (Phi) is 5.33. The van der Waals surface area contributed by atoms with E-state index in [1.165, 1.54) is 0 Å². The summed E-state index contributed by atoms with van der Waals surface area (Å²) in [5.41, 5.74) is 2.86. The van der Waals surface area contributed by atoms with Gasteiger partial charge in [0.2, 0.25) is 0 Å². The standard InChI is InChI=1S/C21H22ClN7O/c1-5-6-13-10-18(28-27-13)24-17-11-19(29(3)4)26-21(25-17)30-16-8-7-15-14(20(16)22)9-12(2)23-15/h5-11,23H,1-4H3,(H2,24,25,26,27,28)/b6-5+. The molecule has 30 heavy (non-hydrogen) atoms. The molecule has 3 N–H and O–H groups in total. The lowest BCUT2D eigenvalue weighted by molar-refractivity contribution is 0.444. The molecule has 0 saturated heterocycles. The molecule has 0 fully saturated rings. The van der Waals surface area contributed by atoms with Crippen molar-refractivity contribution in [3.63, 3.8) is 0 Å². The van der Waals surface area contributed by atoms with Gasteiger partial charge in [-0.3, -0.25) is 5.10 Å². The van der Waals surface area contributed by atoms with Gasteiger partial charge in [0.15, 0.2) is 5.82 Å². The van der Waals surface area contributed by atoms with Gasteiger partial charge in [0.05, 0.1) is 10.7 Å². The van der Waals surface area contributed by atoms with Gasteiger partial charge in [-0.2, -0.15) is 15.1 Å². The van der Waals surface area contributed by atoms with E-state index >= 15 is 0 Å². The van der Waals surface area contributed by atoms with Gasteiger partial charge in [-0.15, -0.1) is 0 Å². The van der Waals surface area contributed by atoms with Crippen molar-refractivity contribution in [1.29, 1.82) is 0 Å². The maximum atomic E-state index is 6.56. The summed E-state index contributed by atoms with van der Waals surface area (Å²) in [6, 6.07) is 9.59. The molecule has 0 saturated carbocycles. The molecule has 0 radical (unpaired) electrons. The number of anilines is 3. The van der Waals surface area contributed by atoms with Crippen molar-refractivity contribution in [2.75, 3.05) is 24.3 Å². The molecule has 9 heteroatoms. The lowest BCUT2D eigenvalue weighted by Crippen LogP contribution is -2.12. The van der Waals surface area contributed by atoms with Gasteiger partial charge < -0.3 is 19.9 Å². The van der Waals surface area contributed by atoms with Crippen LogP contribution in [0.5, 0.6) is 11.8 Å². The zero-order chi connectivity index (χ0) is 21.3. The van der Waals surface area contributed by atoms with E-state index in [2.05, 4.69) is 30.5 Å². The number of aromatic nitrogens is 5. The summed E-state index contributed by atoms with van der Waals surface area (Å²) in [6.45, 7) is 3.93. The van der Waals surface area contributed by atoms with E-state index < -0.39 is 0 Å². The molecule has 0 aliphatic carbocycles. The number of halogens is 1. The largest absolute Gasteiger partial charge is 0.423 e. The Hall–Kier alpha value is -3.52. The minimum atomic E-state index is 0.182. The average Bonchev–Trinajstić information content (AvgIpc) is 3.30. The van der Waals surface area contributed by atoms with Crippen molar-refractivity contribution in [2.24, 2.45) is 0 Å². The van der Waals surface area contributed by atoms with Crippen LogP contribution in [0, 0.1) is 6.92 Å². The number of H-pyrrole nitrogens is 2. The zero-order valence-corrected chi connectivity index (χ0v) is 17.9. The maximum Gasteiger partial charge on any atom is 0.325 e. The fourth-order valence-electron chi connectivity index (χ4n) is 3.01. The van der Waals surface area contributed by atoms with Crippen molar-refractivity contribution >= 4 is 46.0 Å². The highest BCUT2D eigenvalue weighted by molar-refractivity contribution is 6.37. The topological polar surface area (TPSA) is 94.8 Å². The highest BCUT2D eigenvalue weighted by Gasteiger charge is 2.14. The second-order valence-electron chi connectivity index (χ2n) is 7.02. The second kappa shape index (κ2) is 8.08. The lowest BCUT2D eigenvalue weighted by Gasteiger charge is -2.15. The second-order valence-corrected chi connectivity index (χ2v) is 7.39. The Labute approximate surface area is 178 Å². The Morgan fingerprint density at radius 2 is 1.97 bits per heavy atom. The minimum Gasteiger partial charge on any atom is -0.423 e. The molecule has 0 atom stereocenters. The Balaban J connectivity index is 1.66. The number of nitrogens with zero attached hydrogens (tertiary/aromatic N) is 4. The van der Waals surface area contributed by atoms with E-state index in [4.69, 9.17) is 16.3 Å². The van der Waals surface area contributed by atoms with Gasteiger partial charge in [0.25, 0.3) is 0 Å². The summed E-state index contributed by atoms with van der Waals surface area (Å²) in [5, 5.41) is 11.8. The summed E-state index contributed by atoms with van der Waals surface area (Å²) in [6.07, 6.45) is 3.86. The third-order valence-corrected chi connectivity index (χ3v) is 4.78. The first-order valence-corrected chi connectivity index (χ1v) is 9.78. The fraction of sp³-hybridized carbons (Fsp3) is 0.190. The van der Waals surface area contributed by atoms with Crippen LogP contribution in [0.3, 0.4) is 0 Å². The Morgan fingerprint density at radius 1 is 1.13 bits per heavy atom. The van der Waals surface area contributed by atoms with Crippen molar-refractivity contribution < 1.29 is 4.74 Å². The molecular weight excluding hydrogens is 402 g/mol. The molecule has 0 aliphatic rings. The number of hydrogen-bond donors (Lipinski definition) is 3. The third kappa shape index (κ3) is 4.08. The molecule has 154 valence electrons. The molecule has 8 nitrogen and oxygen atoms in total. The van der Waals surface area contributed by atoms with Crippen LogP contribution in [0.15, 0.2) is 36.4 Å². The summed E-state index contributed by atoms with van der Waals surface area (Å²) >= 11 is 6.56. The first kappa shape index (κ1) is 19.8. The van der Waals surface area contributed by atoms with E-state index in [1.807, 2.05) is 69.3 Å². The highest BCUT2D eigenvalue weighted by Crippen LogP contribution is 2.35. The summed E-state index contributed by atoms with van der Waals surface area (Å²) < 4.78 is 5.97. The molecule has 0 amide bonds. The summed E-state index contributed by atoms with van der Waals surface area (Å²) in [7, 11) is 3.80. The molecule has 3 heterocycles. The summed E-state index contributed by atoms with van der Waals surface area (Å²) in [5.74, 6) is 2.36. The van der Waals surface area contributed by atoms with Crippen LogP contribution in [-0.4, -0.2) is 39.2 Å². The molecule has 1 aromatic carbocycles. The zero-order valence-electron chi connectivity index (χ0n) is 17.1. The van der Waals surface area contributed by atoms with E-state index in [1.54, 1.807) is 6.07 Å². The number of benzene rings is 1. The molecule has 0 spiro atoms. The number of allylic oxidation sites excluding steroid dienone is 1. The van der Waals surface area contributed by atoms with Gasteiger partial charge in [0, 0.05) is 42.8 Å². The molecule has 0 bridgehead atoms. The summed E-state index contributed by atoms with van der Waals surface area (Å²) in [4.78, 5) is 14.1. The maximum absolute atomic E-state index is 6.56. The quantitative estimate of drug-likeness (QED) is 0.390. The van der Waals surface area contributed by atoms with Crippen molar-refractivity contribution in [1.82, 2.24) is 25.1 Å². The van der Waals surface area contributed by atoms with E-state index in [0.29, 0.717) is 28.2 Å². The molecule has 0 unspecified atom stereocenters. The number of nitrogens with one attached hydrogen (secondary N) is 3. The normalized spacial score (nSPS) is 11.4. The molecule has 3 aromatic heterocycles. The van der Waals surface area contributed by atoms with Gasteiger partial charge in [-0.05, 0) is 38.1 Å². The van der Waals surface area contributed by atoms with Crippen LogP contribution in [0.2, 0.25) is 5.02 Å². The average molecular weight is 424 g/mol. The smallest absolute Gasteiger partial charge is 0.325 e. The number of ether oxygens (including phenoxy) is 1. The number of aromatic amines is 2. The van der Waals surface area contributed by atoms with Crippen LogP contribution >= 0.6 is 11.6 Å². The third-order valence-electron chi connectivity index (χ3n) is 4.39. The van der Waals surface area contributed by atoms with Crippen molar-refractivity contribution in [2.45, 2.75) is 13.8 Å². The van der Waals surface area contributed by atoms with Gasteiger partial charge in [-0.25, -0.2) is 0 Å². The van der Waals surface area contributed by atoms with Crippen LogP contribution in [0.1, 0.15) is 18.3 Å². The Bertz CT molecular complexity index is 1230. The van der Waals surface area contributed by atoms with Crippen LogP contribution in [0.4, 0.5) is 17.5 Å². The Morgan fingerprint density at radius 3 is 2.73 bits per heavy atom. The van der Waals surface area contributed by atoms with Gasteiger partial charge in [-0.1, -0.05) is 17.7 Å². The van der Waals surface area contributed by atoms with E-state index in [0.717, 1.165) is 22.3 Å². The number of fused-ring (bicyclic) bond motifs is 1. The monoisotopic (exact) mass is 423 g/mol. The lowest BCUT2D eigenvalue weighted by atomic mass is 10.2. The number of aryl methyl sites for hydroxylation is 1. The molecular formula is C21H22ClN7O. The molecule has 4 aromatic rings. The van der Waals surface area contributed by atoms with Crippen LogP contribution < -0.4 is 15.0 Å². The fourth-order valence-corrected chi connectivity index (χ4v) is 3.27. The predicted octanol–water partition coefficient (Wildman–Crippen LogP) is 5.28. The van der Waals surface area contributed by atoms with Crippen LogP contribution in [0.25, 0.3) is 17.0 Å². The van der Waals surface area contributed by atoms with Gasteiger partial charge >= 0.3 is 6.01 Å². The first-order chi connectivity index (χ1) is 14.4. The minimum absolute atomic E-state index is 0.182. The number of hydrogen-bond acceptors (Lipinski definition) is 6. The SMILES string of the molecule is C/C=C/c1cc(Nc2cc(N(C)C)nc(Oc3ccc4[nH]c(C)cc4c3Cl)n2)n[nH]1. The van der Waals surface area contributed by atoms with Crippen molar-refractivity contribution in [3.05, 3.63) is 52.8 Å². The van der Waals surface area contributed by atoms with E-state index in [9.17, 15) is 0 Å². The predicted molar refractivity (Wildman–Crippen MR) is 121 cm³/mol. The highest BCUT2D eigenvalue weighted by atomic mass is 35.5. The molecule has 0 aliphatic heterocycles. The van der Waals surface area contributed by atoms with Gasteiger partial charge in [0.1, 0.15) is 17.4 Å². The first-order valence-electron chi connectivity index (χ1n) is 9.40. The molecule has 4 rings (SSSR count). The van der Waals surface area contributed by atoms with Crippen LogP contribution in [-0.2, 0) is 0 Å².